The van der Waals surface area contributed by atoms with Crippen molar-refractivity contribution in [3.05, 3.63) is 34.9 Å². The number of carbonyl (C=O) groups excluding carboxylic acids is 2. The smallest absolute Gasteiger partial charge is 0.251 e. The van der Waals surface area contributed by atoms with Crippen molar-refractivity contribution in [3.63, 3.8) is 0 Å². The summed E-state index contributed by atoms with van der Waals surface area (Å²) in [5.74, 6) is 0.867. The molecule has 0 unspecified atom stereocenters. The number of rotatable bonds is 3. The van der Waals surface area contributed by atoms with Crippen molar-refractivity contribution in [1.82, 2.24) is 5.32 Å². The highest BCUT2D eigenvalue weighted by atomic mass is 16.1. The van der Waals surface area contributed by atoms with E-state index in [2.05, 4.69) is 12.2 Å². The quantitative estimate of drug-likeness (QED) is 0.905. The third kappa shape index (κ3) is 2.42. The summed E-state index contributed by atoms with van der Waals surface area (Å²) >= 11 is 0. The molecule has 0 aromatic heterocycles. The molecule has 0 bridgehead atoms. The molecule has 2 atom stereocenters. The van der Waals surface area contributed by atoms with E-state index in [-0.39, 0.29) is 11.7 Å². The molecule has 100 valence electrons. The lowest BCUT2D eigenvalue weighted by Gasteiger charge is -2.15. The molecule has 0 spiro atoms. The van der Waals surface area contributed by atoms with Gasteiger partial charge in [0.2, 0.25) is 0 Å². The van der Waals surface area contributed by atoms with E-state index < -0.39 is 0 Å². The Bertz CT molecular complexity index is 536. The molecule has 0 radical (unpaired) electrons. The summed E-state index contributed by atoms with van der Waals surface area (Å²) < 4.78 is 0. The second-order valence-corrected chi connectivity index (χ2v) is 5.63. The first-order chi connectivity index (χ1) is 9.19. The molecule has 3 heteroatoms. The second kappa shape index (κ2) is 4.80. The molecule has 19 heavy (non-hydrogen) atoms. The summed E-state index contributed by atoms with van der Waals surface area (Å²) in [7, 11) is 0. The van der Waals surface area contributed by atoms with E-state index >= 15 is 0 Å². The Hall–Kier alpha value is -1.64. The zero-order valence-corrected chi connectivity index (χ0v) is 11.2. The molecular weight excluding hydrogens is 238 g/mol. The Morgan fingerprint density at radius 1 is 1.37 bits per heavy atom. The van der Waals surface area contributed by atoms with Crippen LogP contribution in [0.1, 0.15) is 58.9 Å². The predicted molar refractivity (Wildman–Crippen MR) is 73.4 cm³/mol. The summed E-state index contributed by atoms with van der Waals surface area (Å²) in [6.45, 7) is 2.15. The molecule has 2 aliphatic carbocycles. The van der Waals surface area contributed by atoms with Crippen LogP contribution in [-0.4, -0.2) is 17.7 Å². The molecule has 2 aliphatic rings. The van der Waals surface area contributed by atoms with E-state index in [1.807, 2.05) is 12.1 Å². The highest BCUT2D eigenvalue weighted by Crippen LogP contribution is 2.33. The van der Waals surface area contributed by atoms with Gasteiger partial charge in [-0.1, -0.05) is 19.4 Å². The van der Waals surface area contributed by atoms with E-state index in [0.29, 0.717) is 23.9 Å². The summed E-state index contributed by atoms with van der Waals surface area (Å²) in [5.41, 5.74) is 2.53. The maximum Gasteiger partial charge on any atom is 0.251 e. The molecule has 0 aliphatic heterocycles. The standard InChI is InChI=1S/C16H19NO2/c1-2-10-9-14(10)17-16(19)12-6-7-13-11(8-12)4-3-5-15(13)18/h6-8,10,14H,2-5,9H2,1H3,(H,17,19)/t10-,14-/m1/s1. The molecule has 1 N–H and O–H groups in total. The van der Waals surface area contributed by atoms with E-state index in [9.17, 15) is 9.59 Å². The van der Waals surface area contributed by atoms with Gasteiger partial charge in [0.15, 0.2) is 5.78 Å². The number of carbonyl (C=O) groups is 2. The molecule has 0 heterocycles. The number of nitrogens with one attached hydrogen (secondary N) is 1. The molecule has 1 aromatic rings. The van der Waals surface area contributed by atoms with Crippen LogP contribution in [0.25, 0.3) is 0 Å². The number of benzene rings is 1. The van der Waals surface area contributed by atoms with Gasteiger partial charge in [0, 0.05) is 23.6 Å². The number of Topliss-reactive ketones (excluding diaryl/α,β-unsaturated/α-hetero) is 1. The summed E-state index contributed by atoms with van der Waals surface area (Å²) in [5, 5.41) is 3.07. The molecule has 1 amide bonds. The summed E-state index contributed by atoms with van der Waals surface area (Å²) in [4.78, 5) is 23.9. The average molecular weight is 257 g/mol. The van der Waals surface area contributed by atoms with Gasteiger partial charge in [-0.2, -0.15) is 0 Å². The van der Waals surface area contributed by atoms with E-state index in [1.54, 1.807) is 6.07 Å². The van der Waals surface area contributed by atoms with Gasteiger partial charge in [0.05, 0.1) is 0 Å². The SMILES string of the molecule is CC[C@@H]1C[C@H]1NC(=O)c1ccc2c(c1)CCCC2=O. The lowest BCUT2D eigenvalue weighted by Crippen LogP contribution is -2.27. The molecule has 0 saturated heterocycles. The number of fused-ring (bicyclic) bond motifs is 1. The van der Waals surface area contributed by atoms with Crippen LogP contribution < -0.4 is 5.32 Å². The van der Waals surface area contributed by atoms with Gasteiger partial charge >= 0.3 is 0 Å². The van der Waals surface area contributed by atoms with Crippen molar-refractivity contribution in [2.24, 2.45) is 5.92 Å². The fraction of sp³-hybridized carbons (Fsp3) is 0.500. The van der Waals surface area contributed by atoms with Crippen molar-refractivity contribution < 1.29 is 9.59 Å². The number of hydrogen-bond donors (Lipinski definition) is 1. The Labute approximate surface area is 113 Å². The minimum Gasteiger partial charge on any atom is -0.349 e. The Balaban J connectivity index is 1.75. The fourth-order valence-electron chi connectivity index (χ4n) is 2.92. The zero-order chi connectivity index (χ0) is 13.4. The van der Waals surface area contributed by atoms with Gasteiger partial charge in [-0.3, -0.25) is 9.59 Å². The lowest BCUT2D eigenvalue weighted by atomic mass is 9.89. The zero-order valence-electron chi connectivity index (χ0n) is 11.2. The van der Waals surface area contributed by atoms with Gasteiger partial charge in [-0.25, -0.2) is 0 Å². The first-order valence-corrected chi connectivity index (χ1v) is 7.16. The topological polar surface area (TPSA) is 46.2 Å². The third-order valence-electron chi connectivity index (χ3n) is 4.28. The number of aryl methyl sites for hydroxylation is 1. The molecule has 3 nitrogen and oxygen atoms in total. The lowest BCUT2D eigenvalue weighted by molar-refractivity contribution is 0.0943. The maximum absolute atomic E-state index is 12.1. The van der Waals surface area contributed by atoms with Crippen molar-refractivity contribution in [2.45, 2.75) is 45.1 Å². The van der Waals surface area contributed by atoms with Crippen LogP contribution in [0.5, 0.6) is 0 Å². The van der Waals surface area contributed by atoms with Gasteiger partial charge in [0.1, 0.15) is 0 Å². The highest BCUT2D eigenvalue weighted by molar-refractivity contribution is 6.01. The van der Waals surface area contributed by atoms with Gasteiger partial charge in [-0.15, -0.1) is 0 Å². The Kier molecular flexibility index (Phi) is 3.13. The van der Waals surface area contributed by atoms with Crippen LogP contribution in [0.2, 0.25) is 0 Å². The third-order valence-corrected chi connectivity index (χ3v) is 4.28. The molecule has 1 aromatic carbocycles. The maximum atomic E-state index is 12.1. The highest BCUT2D eigenvalue weighted by Gasteiger charge is 2.36. The Morgan fingerprint density at radius 3 is 2.95 bits per heavy atom. The summed E-state index contributed by atoms with van der Waals surface area (Å²) in [6.07, 6.45) is 4.68. The van der Waals surface area contributed by atoms with E-state index in [0.717, 1.165) is 36.8 Å². The largest absolute Gasteiger partial charge is 0.349 e. The van der Waals surface area contributed by atoms with Crippen molar-refractivity contribution in [2.75, 3.05) is 0 Å². The minimum atomic E-state index is 0.00164. The van der Waals surface area contributed by atoms with Crippen molar-refractivity contribution in [3.8, 4) is 0 Å². The fourth-order valence-corrected chi connectivity index (χ4v) is 2.92. The van der Waals surface area contributed by atoms with Crippen molar-refractivity contribution in [1.29, 1.82) is 0 Å². The van der Waals surface area contributed by atoms with Crippen LogP contribution in [0.4, 0.5) is 0 Å². The molecule has 3 rings (SSSR count). The first kappa shape index (κ1) is 12.4. The monoisotopic (exact) mass is 257 g/mol. The van der Waals surface area contributed by atoms with Gasteiger partial charge < -0.3 is 5.32 Å². The van der Waals surface area contributed by atoms with Gasteiger partial charge in [0.25, 0.3) is 5.91 Å². The minimum absolute atomic E-state index is 0.00164. The van der Waals surface area contributed by atoms with Crippen LogP contribution >= 0.6 is 0 Å². The van der Waals surface area contributed by atoms with Crippen LogP contribution in [0.3, 0.4) is 0 Å². The summed E-state index contributed by atoms with van der Waals surface area (Å²) in [6, 6.07) is 5.84. The molecular formula is C16H19NO2. The first-order valence-electron chi connectivity index (χ1n) is 7.16. The van der Waals surface area contributed by atoms with Crippen LogP contribution in [-0.2, 0) is 6.42 Å². The van der Waals surface area contributed by atoms with E-state index in [1.165, 1.54) is 0 Å². The number of ketones is 1. The molecule has 1 fully saturated rings. The number of amides is 1. The number of hydrogen-bond acceptors (Lipinski definition) is 2. The predicted octanol–water partition coefficient (Wildman–Crippen LogP) is 2.73. The average Bonchev–Trinajstić information content (AvgIpc) is 3.17. The van der Waals surface area contributed by atoms with Gasteiger partial charge in [-0.05, 0) is 42.9 Å². The van der Waals surface area contributed by atoms with Crippen LogP contribution in [0.15, 0.2) is 18.2 Å². The Morgan fingerprint density at radius 2 is 2.21 bits per heavy atom. The van der Waals surface area contributed by atoms with Crippen LogP contribution in [0, 0.1) is 5.92 Å². The second-order valence-electron chi connectivity index (χ2n) is 5.63. The van der Waals surface area contributed by atoms with E-state index in [4.69, 9.17) is 0 Å². The molecule has 1 saturated carbocycles. The normalized spacial score (nSPS) is 24.8. The van der Waals surface area contributed by atoms with Crippen molar-refractivity contribution >= 4 is 11.7 Å².